The first kappa shape index (κ1) is 31.6. The second kappa shape index (κ2) is 12.9. The molecule has 0 spiro atoms. The van der Waals surface area contributed by atoms with Gasteiger partial charge in [0.05, 0.1) is 21.8 Å². The van der Waals surface area contributed by atoms with Crippen molar-refractivity contribution in [3.8, 4) is 33.4 Å². The van der Waals surface area contributed by atoms with Gasteiger partial charge in [0.2, 0.25) is 0 Å². The molecule has 0 amide bonds. The molecule has 0 fully saturated rings. The molecular weight excluding hydrogens is 687 g/mol. The zero-order valence-electron chi connectivity index (χ0n) is 29.8. The maximum absolute atomic E-state index is 6.43. The summed E-state index contributed by atoms with van der Waals surface area (Å²) in [5.74, 6) is 0. The van der Waals surface area contributed by atoms with Crippen molar-refractivity contribution in [3.05, 3.63) is 200 Å². The molecule has 9 aromatic carbocycles. The van der Waals surface area contributed by atoms with Gasteiger partial charge in [-0.25, -0.2) is 0 Å². The third-order valence-corrected chi connectivity index (χ3v) is 12.1. The second-order valence-corrected chi connectivity index (χ2v) is 15.0. The third-order valence-electron chi connectivity index (χ3n) is 10.9. The summed E-state index contributed by atoms with van der Waals surface area (Å²) < 4.78 is 8.96. The summed E-state index contributed by atoms with van der Waals surface area (Å²) in [4.78, 5) is 2.51. The number of rotatable bonds is 6. The van der Waals surface area contributed by atoms with Crippen molar-refractivity contribution in [1.29, 1.82) is 0 Å². The molecule has 0 saturated heterocycles. The predicted molar refractivity (Wildman–Crippen MR) is 235 cm³/mol. The summed E-state index contributed by atoms with van der Waals surface area (Å²) >= 11 is 1.86. The third kappa shape index (κ3) is 5.09. The highest BCUT2D eigenvalue weighted by atomic mass is 32.1. The number of fused-ring (bicyclic) bond motifs is 7. The fourth-order valence-corrected chi connectivity index (χ4v) is 9.72. The van der Waals surface area contributed by atoms with Crippen molar-refractivity contribution >= 4 is 81.3 Å². The Labute approximate surface area is 322 Å². The molecule has 0 bridgehead atoms. The number of thiophene rings is 1. The zero-order chi connectivity index (χ0) is 36.3. The minimum Gasteiger partial charge on any atom is -0.456 e. The molecule has 55 heavy (non-hydrogen) atoms. The lowest BCUT2D eigenvalue weighted by molar-refractivity contribution is 0.669. The van der Waals surface area contributed by atoms with Gasteiger partial charge < -0.3 is 9.32 Å². The van der Waals surface area contributed by atoms with Crippen LogP contribution in [0.4, 0.5) is 17.1 Å². The lowest BCUT2D eigenvalue weighted by Crippen LogP contribution is -2.12. The Kier molecular flexibility index (Phi) is 7.39. The number of furan rings is 1. The number of para-hydroxylation sites is 3. The molecule has 0 radical (unpaired) electrons. The van der Waals surface area contributed by atoms with Crippen molar-refractivity contribution in [3.63, 3.8) is 0 Å². The summed E-state index contributed by atoms with van der Waals surface area (Å²) in [5.41, 5.74) is 12.2. The van der Waals surface area contributed by atoms with Crippen LogP contribution in [0, 0.1) is 0 Å². The molecule has 0 aliphatic heterocycles. The van der Waals surface area contributed by atoms with Crippen LogP contribution in [0.3, 0.4) is 0 Å². The lowest BCUT2D eigenvalue weighted by atomic mass is 9.90. The predicted octanol–water partition coefficient (Wildman–Crippen LogP) is 15.6. The van der Waals surface area contributed by atoms with E-state index in [1.165, 1.54) is 47.6 Å². The fraction of sp³-hybridized carbons (Fsp3) is 0. The molecule has 0 aliphatic carbocycles. The van der Waals surface area contributed by atoms with Crippen molar-refractivity contribution in [1.82, 2.24) is 0 Å². The first-order valence-electron chi connectivity index (χ1n) is 18.7. The SMILES string of the molecule is c1ccc(-c2cccc3cccc(-c4ccccc4N(c4ccccc4-c4cccc5oc6ccccc6c45)c4cccc5c4sc4ccccc45)c23)cc1. The highest BCUT2D eigenvalue weighted by Crippen LogP contribution is 2.51. The number of hydrogen-bond acceptors (Lipinski definition) is 3. The van der Waals surface area contributed by atoms with Gasteiger partial charge in [-0.1, -0.05) is 164 Å². The molecule has 11 rings (SSSR count). The van der Waals surface area contributed by atoms with E-state index in [4.69, 9.17) is 4.42 Å². The smallest absolute Gasteiger partial charge is 0.136 e. The molecule has 3 heteroatoms. The Bertz CT molecular complexity index is 3220. The average Bonchev–Trinajstić information content (AvgIpc) is 3.83. The zero-order valence-corrected chi connectivity index (χ0v) is 30.6. The van der Waals surface area contributed by atoms with Gasteiger partial charge in [0.15, 0.2) is 0 Å². The van der Waals surface area contributed by atoms with Gasteiger partial charge in [-0.3, -0.25) is 0 Å². The average molecular weight is 720 g/mol. The summed E-state index contributed by atoms with van der Waals surface area (Å²) in [7, 11) is 0. The fourth-order valence-electron chi connectivity index (χ4n) is 8.51. The minimum atomic E-state index is 0.885. The normalized spacial score (nSPS) is 11.6. The Hall–Kier alpha value is -6.94. The van der Waals surface area contributed by atoms with E-state index in [1.807, 2.05) is 17.4 Å². The molecule has 0 N–H and O–H groups in total. The van der Waals surface area contributed by atoms with Gasteiger partial charge in [-0.05, 0) is 69.4 Å². The van der Waals surface area contributed by atoms with Crippen molar-refractivity contribution in [2.45, 2.75) is 0 Å². The Morgan fingerprint density at radius 3 is 1.65 bits per heavy atom. The van der Waals surface area contributed by atoms with E-state index in [0.717, 1.165) is 55.7 Å². The number of hydrogen-bond donors (Lipinski definition) is 0. The minimum absolute atomic E-state index is 0.885. The molecular formula is C52H33NOS. The van der Waals surface area contributed by atoms with Crippen LogP contribution < -0.4 is 4.90 Å². The van der Waals surface area contributed by atoms with Crippen LogP contribution in [-0.2, 0) is 0 Å². The molecule has 0 unspecified atom stereocenters. The van der Waals surface area contributed by atoms with Crippen molar-refractivity contribution in [2.24, 2.45) is 0 Å². The van der Waals surface area contributed by atoms with E-state index >= 15 is 0 Å². The van der Waals surface area contributed by atoms with E-state index in [-0.39, 0.29) is 0 Å². The number of benzene rings is 9. The maximum Gasteiger partial charge on any atom is 0.136 e. The number of anilines is 3. The van der Waals surface area contributed by atoms with E-state index in [9.17, 15) is 0 Å². The van der Waals surface area contributed by atoms with Gasteiger partial charge in [0.1, 0.15) is 11.2 Å². The van der Waals surface area contributed by atoms with Crippen LogP contribution in [-0.4, -0.2) is 0 Å². The molecule has 2 heterocycles. The molecule has 258 valence electrons. The monoisotopic (exact) mass is 719 g/mol. The van der Waals surface area contributed by atoms with Crippen LogP contribution in [0.5, 0.6) is 0 Å². The highest BCUT2D eigenvalue weighted by molar-refractivity contribution is 7.26. The van der Waals surface area contributed by atoms with Gasteiger partial charge in [-0.2, -0.15) is 0 Å². The largest absolute Gasteiger partial charge is 0.456 e. The standard InChI is InChI=1S/C52H33NOS/c1-2-16-34(17-3-1)36-24-12-18-35-19-13-25-40(50(35)36)37-20-4-8-28-44(37)53(46-30-14-27-42-39-22-7-11-33-49(39)55-52(42)46)45-29-9-5-21-38(45)41-26-15-32-48-51(41)43-23-6-10-31-47(43)54-48/h1-33H. The molecule has 11 aromatic rings. The van der Waals surface area contributed by atoms with E-state index in [1.54, 1.807) is 0 Å². The van der Waals surface area contributed by atoms with Crippen LogP contribution in [0.25, 0.3) is 86.3 Å². The Balaban J connectivity index is 1.24. The van der Waals surface area contributed by atoms with Crippen molar-refractivity contribution < 1.29 is 4.42 Å². The van der Waals surface area contributed by atoms with E-state index in [2.05, 4.69) is 199 Å². The second-order valence-electron chi connectivity index (χ2n) is 14.0. The van der Waals surface area contributed by atoms with E-state index < -0.39 is 0 Å². The summed E-state index contributed by atoms with van der Waals surface area (Å²) in [6.07, 6.45) is 0. The van der Waals surface area contributed by atoms with Crippen LogP contribution >= 0.6 is 11.3 Å². The molecule has 0 atom stereocenters. The molecule has 0 saturated carbocycles. The van der Waals surface area contributed by atoms with Gasteiger partial charge in [0.25, 0.3) is 0 Å². The van der Waals surface area contributed by atoms with Crippen LogP contribution in [0.2, 0.25) is 0 Å². The highest BCUT2D eigenvalue weighted by Gasteiger charge is 2.25. The summed E-state index contributed by atoms with van der Waals surface area (Å²) in [6, 6.07) is 72.2. The first-order valence-corrected chi connectivity index (χ1v) is 19.5. The molecule has 0 aliphatic rings. The number of nitrogens with zero attached hydrogens (tertiary/aromatic N) is 1. The van der Waals surface area contributed by atoms with Crippen molar-refractivity contribution in [2.75, 3.05) is 4.90 Å². The maximum atomic E-state index is 6.43. The Morgan fingerprint density at radius 2 is 0.873 bits per heavy atom. The van der Waals surface area contributed by atoms with E-state index in [0.29, 0.717) is 0 Å². The van der Waals surface area contributed by atoms with Gasteiger partial charge in [0, 0.05) is 37.4 Å². The quantitative estimate of drug-likeness (QED) is 0.170. The first-order chi connectivity index (χ1) is 27.3. The summed E-state index contributed by atoms with van der Waals surface area (Å²) in [6.45, 7) is 0. The van der Waals surface area contributed by atoms with Crippen LogP contribution in [0.1, 0.15) is 0 Å². The molecule has 2 aromatic heterocycles. The topological polar surface area (TPSA) is 16.4 Å². The lowest BCUT2D eigenvalue weighted by Gasteiger charge is -2.30. The van der Waals surface area contributed by atoms with Gasteiger partial charge in [-0.15, -0.1) is 11.3 Å². The Morgan fingerprint density at radius 1 is 0.345 bits per heavy atom. The van der Waals surface area contributed by atoms with Gasteiger partial charge >= 0.3 is 0 Å². The van der Waals surface area contributed by atoms with Crippen LogP contribution in [0.15, 0.2) is 205 Å². The summed E-state index contributed by atoms with van der Waals surface area (Å²) in [5, 5.41) is 7.24. The molecule has 2 nitrogen and oxygen atoms in total.